The van der Waals surface area contributed by atoms with Crippen LogP contribution in [-0.2, 0) is 9.53 Å². The predicted molar refractivity (Wildman–Crippen MR) is 102 cm³/mol. The second-order valence-electron chi connectivity index (χ2n) is 9.92. The van der Waals surface area contributed by atoms with Crippen molar-refractivity contribution in [3.63, 3.8) is 0 Å². The molecule has 3 heteroatoms. The van der Waals surface area contributed by atoms with E-state index in [0.717, 1.165) is 44.3 Å². The fourth-order valence-electron chi connectivity index (χ4n) is 7.49. The molecule has 6 atom stereocenters. The lowest BCUT2D eigenvalue weighted by Gasteiger charge is -2.58. The number of aliphatic hydroxyl groups is 1. The molecule has 0 aromatic rings. The Morgan fingerprint density at radius 2 is 1.88 bits per heavy atom. The third-order valence-corrected chi connectivity index (χ3v) is 9.06. The van der Waals surface area contributed by atoms with Crippen LogP contribution in [0.5, 0.6) is 0 Å². The maximum Gasteiger partial charge on any atom is 0.161 e. The van der Waals surface area contributed by atoms with Crippen LogP contribution in [0.15, 0.2) is 23.0 Å². The number of hydrogen-bond donors (Lipinski definition) is 1. The highest BCUT2D eigenvalue weighted by atomic mass is 16.5. The number of fused-ring (bicyclic) bond motifs is 5. The minimum atomic E-state index is -1.11. The molecule has 4 aliphatic rings. The molecule has 4 rings (SSSR count). The summed E-state index contributed by atoms with van der Waals surface area (Å²) in [5, 5.41) is 11.3. The van der Waals surface area contributed by atoms with Gasteiger partial charge in [-0.1, -0.05) is 19.4 Å². The van der Waals surface area contributed by atoms with Crippen molar-refractivity contribution in [2.45, 2.75) is 78.2 Å². The van der Waals surface area contributed by atoms with Gasteiger partial charge in [-0.15, -0.1) is 0 Å². The molecule has 0 aliphatic heterocycles. The number of carbonyl (C=O) groups is 1. The van der Waals surface area contributed by atoms with E-state index in [4.69, 9.17) is 4.74 Å². The Hall–Kier alpha value is -1.09. The zero-order valence-corrected chi connectivity index (χ0v) is 17.0. The van der Waals surface area contributed by atoms with Crippen LogP contribution in [0, 0.1) is 28.6 Å². The second kappa shape index (κ2) is 5.70. The van der Waals surface area contributed by atoms with Crippen molar-refractivity contribution in [3.8, 4) is 0 Å². The molecule has 0 amide bonds. The molecule has 0 spiro atoms. The van der Waals surface area contributed by atoms with Gasteiger partial charge in [0.25, 0.3) is 0 Å². The first kappa shape index (κ1) is 18.3. The van der Waals surface area contributed by atoms with Crippen LogP contribution < -0.4 is 0 Å². The average molecular weight is 359 g/mol. The van der Waals surface area contributed by atoms with E-state index >= 15 is 0 Å². The van der Waals surface area contributed by atoms with Crippen LogP contribution in [0.1, 0.15) is 72.6 Å². The Labute approximate surface area is 157 Å². The number of hydrogen-bond acceptors (Lipinski definition) is 3. The number of rotatable bonds is 2. The highest BCUT2D eigenvalue weighted by Gasteiger charge is 2.65. The molecule has 0 bridgehead atoms. The first-order chi connectivity index (χ1) is 12.2. The van der Waals surface area contributed by atoms with Crippen molar-refractivity contribution >= 4 is 5.78 Å². The summed E-state index contributed by atoms with van der Waals surface area (Å²) < 4.78 is 5.56. The average Bonchev–Trinajstić information content (AvgIpc) is 2.88. The molecule has 2 fully saturated rings. The van der Waals surface area contributed by atoms with Crippen LogP contribution >= 0.6 is 0 Å². The topological polar surface area (TPSA) is 46.5 Å². The van der Waals surface area contributed by atoms with Gasteiger partial charge in [-0.3, -0.25) is 4.79 Å². The number of methoxy groups -OCH3 is 1. The lowest BCUT2D eigenvalue weighted by molar-refractivity contribution is -0.158. The van der Waals surface area contributed by atoms with Gasteiger partial charge >= 0.3 is 0 Å². The molecule has 0 aromatic carbocycles. The maximum absolute atomic E-state index is 12.3. The zero-order valence-electron chi connectivity index (χ0n) is 17.0. The third-order valence-electron chi connectivity index (χ3n) is 9.06. The number of carbonyl (C=O) groups excluding carboxylic acids is 1. The summed E-state index contributed by atoms with van der Waals surface area (Å²) in [6.07, 6.45) is 9.32. The van der Waals surface area contributed by atoms with E-state index in [1.807, 2.05) is 0 Å². The van der Waals surface area contributed by atoms with E-state index in [1.165, 1.54) is 11.1 Å². The zero-order chi connectivity index (χ0) is 18.9. The summed E-state index contributed by atoms with van der Waals surface area (Å²) in [4.78, 5) is 12.3. The number of ether oxygens (including phenoxy) is 1. The van der Waals surface area contributed by atoms with Crippen LogP contribution in [-0.4, -0.2) is 23.6 Å². The molecular formula is C23H34O3. The molecule has 0 saturated heterocycles. The molecule has 3 nitrogen and oxygen atoms in total. The summed E-state index contributed by atoms with van der Waals surface area (Å²) in [5.74, 6) is 2.79. The van der Waals surface area contributed by atoms with Crippen molar-refractivity contribution in [2.75, 3.05) is 7.11 Å². The quantitative estimate of drug-likeness (QED) is 0.771. The van der Waals surface area contributed by atoms with E-state index in [0.29, 0.717) is 24.2 Å². The third kappa shape index (κ3) is 2.13. The van der Waals surface area contributed by atoms with Crippen molar-refractivity contribution in [1.82, 2.24) is 0 Å². The van der Waals surface area contributed by atoms with E-state index in [9.17, 15) is 9.90 Å². The molecule has 4 aliphatic carbocycles. The van der Waals surface area contributed by atoms with Gasteiger partial charge in [0.2, 0.25) is 0 Å². The summed E-state index contributed by atoms with van der Waals surface area (Å²) in [5.41, 5.74) is 1.84. The first-order valence-electron chi connectivity index (χ1n) is 10.4. The highest BCUT2D eigenvalue weighted by Crippen LogP contribution is 2.67. The Morgan fingerprint density at radius 1 is 1.19 bits per heavy atom. The van der Waals surface area contributed by atoms with Crippen LogP contribution in [0.3, 0.4) is 0 Å². The Bertz CT molecular complexity index is 704. The van der Waals surface area contributed by atoms with Gasteiger partial charge in [0, 0.05) is 11.8 Å². The van der Waals surface area contributed by atoms with Crippen molar-refractivity contribution in [1.29, 1.82) is 0 Å². The lowest BCUT2D eigenvalue weighted by Crippen LogP contribution is -2.56. The van der Waals surface area contributed by atoms with Crippen molar-refractivity contribution in [2.24, 2.45) is 28.6 Å². The molecule has 2 saturated carbocycles. The summed E-state index contributed by atoms with van der Waals surface area (Å²) in [6, 6.07) is 0. The molecule has 0 aromatic heterocycles. The minimum absolute atomic E-state index is 0.0266. The Kier molecular flexibility index (Phi) is 4.01. The molecule has 26 heavy (non-hydrogen) atoms. The summed E-state index contributed by atoms with van der Waals surface area (Å²) in [7, 11) is 1.78. The van der Waals surface area contributed by atoms with E-state index in [1.54, 1.807) is 14.0 Å². The molecule has 0 unspecified atom stereocenters. The van der Waals surface area contributed by atoms with Gasteiger partial charge in [0.05, 0.1) is 12.9 Å². The minimum Gasteiger partial charge on any atom is -0.501 e. The fourth-order valence-corrected chi connectivity index (χ4v) is 7.49. The monoisotopic (exact) mass is 358 g/mol. The number of Topliss-reactive ketones (excluding diaryl/α,β-unsaturated/α-hetero) is 1. The fraction of sp³-hybridized carbons (Fsp3) is 0.783. The van der Waals surface area contributed by atoms with E-state index < -0.39 is 5.60 Å². The summed E-state index contributed by atoms with van der Waals surface area (Å²) >= 11 is 0. The van der Waals surface area contributed by atoms with Gasteiger partial charge in [0.1, 0.15) is 5.60 Å². The second-order valence-corrected chi connectivity index (χ2v) is 9.92. The number of ketones is 1. The van der Waals surface area contributed by atoms with Crippen LogP contribution in [0.25, 0.3) is 0 Å². The Morgan fingerprint density at radius 3 is 2.54 bits per heavy atom. The van der Waals surface area contributed by atoms with Gasteiger partial charge in [-0.25, -0.2) is 0 Å². The van der Waals surface area contributed by atoms with E-state index in [-0.39, 0.29) is 16.6 Å². The highest BCUT2D eigenvalue weighted by molar-refractivity contribution is 5.86. The van der Waals surface area contributed by atoms with Gasteiger partial charge in [-0.05, 0) is 87.2 Å². The molecular weight excluding hydrogens is 324 g/mol. The van der Waals surface area contributed by atoms with Crippen molar-refractivity contribution in [3.05, 3.63) is 23.0 Å². The van der Waals surface area contributed by atoms with Crippen LogP contribution in [0.4, 0.5) is 0 Å². The SMILES string of the molecule is COC1=CC2=C(C)C[C@@H]3[C@H](CC[C@@]4(C)[C@H]3CC[C@]4(O)C(C)=O)[C@@]2(C)CC1. The standard InChI is InChI=1S/C23H34O3/c1-14-12-17-18(21(3)9-6-16(26-5)13-20(14)21)7-10-22(4)19(17)8-11-23(22,25)15(2)24/h13,17-19,25H,6-12H2,1-5H3/t17-,18+,19+,21-,22+,23+/m1/s1. The Balaban J connectivity index is 1.75. The summed E-state index contributed by atoms with van der Waals surface area (Å²) in [6.45, 7) is 8.53. The lowest BCUT2D eigenvalue weighted by atomic mass is 9.46. The first-order valence-corrected chi connectivity index (χ1v) is 10.4. The van der Waals surface area contributed by atoms with Gasteiger partial charge in [-0.2, -0.15) is 0 Å². The van der Waals surface area contributed by atoms with Gasteiger partial charge < -0.3 is 9.84 Å². The normalized spacial score (nSPS) is 47.6. The largest absolute Gasteiger partial charge is 0.501 e. The van der Waals surface area contributed by atoms with Gasteiger partial charge in [0.15, 0.2) is 5.78 Å². The molecule has 0 heterocycles. The van der Waals surface area contributed by atoms with Crippen LogP contribution in [0.2, 0.25) is 0 Å². The smallest absolute Gasteiger partial charge is 0.161 e. The molecule has 0 radical (unpaired) electrons. The molecule has 144 valence electrons. The predicted octanol–water partition coefficient (Wildman–Crippen LogP) is 4.80. The van der Waals surface area contributed by atoms with Crippen molar-refractivity contribution < 1.29 is 14.6 Å². The molecule has 1 N–H and O–H groups in total. The number of allylic oxidation sites excluding steroid dienone is 4. The maximum atomic E-state index is 12.3. The van der Waals surface area contributed by atoms with E-state index in [2.05, 4.69) is 26.8 Å².